The number of nitro groups is 1. The Balaban J connectivity index is 1.56. The fourth-order valence-electron chi connectivity index (χ4n) is 2.33. The molecule has 0 N–H and O–H groups in total. The minimum atomic E-state index is -0.498. The Hall–Kier alpha value is -2.48. The first-order valence-electron chi connectivity index (χ1n) is 9.04. The minimum absolute atomic E-state index is 0.0671. The van der Waals surface area contributed by atoms with Crippen molar-refractivity contribution >= 4 is 5.82 Å². The van der Waals surface area contributed by atoms with Gasteiger partial charge in [0, 0.05) is 6.92 Å². The van der Waals surface area contributed by atoms with Crippen molar-refractivity contribution in [1.29, 1.82) is 0 Å². The molecule has 0 aliphatic rings. The van der Waals surface area contributed by atoms with Crippen LogP contribution in [0.5, 0.6) is 0 Å². The molecular formula is C16H25FN6O6. The molecule has 0 unspecified atom stereocenters. The molecule has 0 bridgehead atoms. The van der Waals surface area contributed by atoms with E-state index >= 15 is 0 Å². The SMILES string of the molecule is Cc1ncc([N+](=O)[O-])n1CCOCn1cc(COCCOCCOCC[18F])nn1. The largest absolute Gasteiger partial charge is 0.377 e. The van der Waals surface area contributed by atoms with Gasteiger partial charge in [-0.25, -0.2) is 18.6 Å². The van der Waals surface area contributed by atoms with Gasteiger partial charge in [-0.15, -0.1) is 5.10 Å². The number of halogens is 1. The first-order chi connectivity index (χ1) is 14.1. The van der Waals surface area contributed by atoms with Gasteiger partial charge in [-0.1, -0.05) is 5.21 Å². The Labute approximate surface area is 166 Å². The van der Waals surface area contributed by atoms with Crippen LogP contribution in [0.3, 0.4) is 0 Å². The van der Waals surface area contributed by atoms with Gasteiger partial charge in [-0.05, 0) is 4.92 Å². The number of nitrogens with zero attached hydrogens (tertiary/aromatic N) is 6. The van der Waals surface area contributed by atoms with Crippen molar-refractivity contribution in [3.8, 4) is 0 Å². The molecule has 29 heavy (non-hydrogen) atoms. The maximum absolute atomic E-state index is 11.8. The molecule has 0 saturated carbocycles. The van der Waals surface area contributed by atoms with E-state index in [1.165, 1.54) is 15.4 Å². The lowest BCUT2D eigenvalue weighted by Gasteiger charge is -2.05. The van der Waals surface area contributed by atoms with E-state index in [2.05, 4.69) is 15.3 Å². The number of rotatable bonds is 16. The van der Waals surface area contributed by atoms with Crippen molar-refractivity contribution in [3.05, 3.63) is 34.0 Å². The van der Waals surface area contributed by atoms with Crippen LogP contribution in [-0.2, 0) is 38.8 Å². The smallest absolute Gasteiger partial charge is 0.342 e. The molecule has 2 aromatic rings. The molecule has 0 amide bonds. The lowest BCUT2D eigenvalue weighted by atomic mass is 10.5. The summed E-state index contributed by atoms with van der Waals surface area (Å²) in [5.41, 5.74) is 0.640. The normalized spacial score (nSPS) is 11.2. The van der Waals surface area contributed by atoms with Crippen LogP contribution in [0.15, 0.2) is 12.4 Å². The molecule has 0 radical (unpaired) electrons. The van der Waals surface area contributed by atoms with Gasteiger partial charge in [-0.3, -0.25) is 0 Å². The molecule has 0 atom stereocenters. The van der Waals surface area contributed by atoms with Gasteiger partial charge in [0.25, 0.3) is 0 Å². The average molecular weight is 415 g/mol. The number of ether oxygens (including phenoxy) is 4. The summed E-state index contributed by atoms with van der Waals surface area (Å²) in [5, 5.41) is 18.8. The molecule has 162 valence electrons. The van der Waals surface area contributed by atoms with Crippen LogP contribution < -0.4 is 0 Å². The highest BCUT2D eigenvalue weighted by Crippen LogP contribution is 2.13. The monoisotopic (exact) mass is 415 g/mol. The van der Waals surface area contributed by atoms with Crippen LogP contribution in [0.1, 0.15) is 11.5 Å². The zero-order valence-corrected chi connectivity index (χ0v) is 16.2. The molecular weight excluding hydrogens is 390 g/mol. The second kappa shape index (κ2) is 12.9. The maximum Gasteiger partial charge on any atom is 0.342 e. The summed E-state index contributed by atoms with van der Waals surface area (Å²) in [4.78, 5) is 14.4. The van der Waals surface area contributed by atoms with E-state index in [9.17, 15) is 14.5 Å². The molecule has 0 aromatic carbocycles. The predicted molar refractivity (Wildman–Crippen MR) is 96.9 cm³/mol. The van der Waals surface area contributed by atoms with Gasteiger partial charge in [0.2, 0.25) is 0 Å². The van der Waals surface area contributed by atoms with Gasteiger partial charge in [-0.2, -0.15) is 0 Å². The molecule has 0 aliphatic heterocycles. The number of hydrogen-bond donors (Lipinski definition) is 0. The molecule has 2 aromatic heterocycles. The van der Waals surface area contributed by atoms with E-state index in [4.69, 9.17) is 18.9 Å². The van der Waals surface area contributed by atoms with Crippen LogP contribution in [-0.4, -0.2) is 75.8 Å². The van der Waals surface area contributed by atoms with E-state index in [0.29, 0.717) is 44.5 Å². The third-order valence-corrected chi connectivity index (χ3v) is 3.71. The summed E-state index contributed by atoms with van der Waals surface area (Å²) in [7, 11) is 0. The maximum atomic E-state index is 11.8. The van der Waals surface area contributed by atoms with Crippen molar-refractivity contribution in [1.82, 2.24) is 24.5 Å². The summed E-state index contributed by atoms with van der Waals surface area (Å²) >= 11 is 0. The van der Waals surface area contributed by atoms with E-state index in [-0.39, 0.29) is 32.4 Å². The molecule has 0 aliphatic carbocycles. The van der Waals surface area contributed by atoms with Gasteiger partial charge in [0.15, 0.2) is 5.82 Å². The number of aryl methyl sites for hydroxylation is 1. The molecule has 2 rings (SSSR count). The minimum Gasteiger partial charge on any atom is -0.377 e. The van der Waals surface area contributed by atoms with E-state index < -0.39 is 11.6 Å². The zero-order chi connectivity index (χ0) is 20.9. The number of alkyl halides is 1. The highest BCUT2D eigenvalue weighted by Gasteiger charge is 2.16. The third kappa shape index (κ3) is 8.19. The Bertz CT molecular complexity index is 739. The lowest BCUT2D eigenvalue weighted by molar-refractivity contribution is -0.392. The molecule has 0 saturated heterocycles. The van der Waals surface area contributed by atoms with Crippen molar-refractivity contribution in [2.75, 3.05) is 46.3 Å². The molecule has 13 heteroatoms. The fourth-order valence-corrected chi connectivity index (χ4v) is 2.33. The molecule has 2 heterocycles. The lowest BCUT2D eigenvalue weighted by Crippen LogP contribution is -2.12. The van der Waals surface area contributed by atoms with Crippen LogP contribution in [0.4, 0.5) is 10.2 Å². The quantitative estimate of drug-likeness (QED) is 0.223. The van der Waals surface area contributed by atoms with E-state index in [0.717, 1.165) is 0 Å². The summed E-state index contributed by atoms with van der Waals surface area (Å²) in [5.74, 6) is 0.485. The first kappa shape index (κ1) is 22.8. The summed E-state index contributed by atoms with van der Waals surface area (Å²) in [6.45, 7) is 3.82. The van der Waals surface area contributed by atoms with Crippen molar-refractivity contribution in [3.63, 3.8) is 0 Å². The summed E-state index contributed by atoms with van der Waals surface area (Å²) < 4.78 is 35.9. The Morgan fingerprint density at radius 3 is 2.55 bits per heavy atom. The van der Waals surface area contributed by atoms with Crippen molar-refractivity contribution < 1.29 is 28.3 Å². The summed E-state index contributed by atoms with van der Waals surface area (Å²) in [6, 6.07) is 0. The standard InChI is InChI=1S/C16H25FN6O6/c1-14-18-10-16(23(24)25)22(14)3-5-29-13-21-11-15(19-20-21)12-28-9-8-27-7-6-26-4-2-17/h10-11H,2-9,12-13H2,1H3/i17-1. The second-order valence-electron chi connectivity index (χ2n) is 5.83. The number of aromatic nitrogens is 5. The predicted octanol–water partition coefficient (Wildman–Crippen LogP) is 0.885. The van der Waals surface area contributed by atoms with E-state index in [1.807, 2.05) is 0 Å². The van der Waals surface area contributed by atoms with Crippen molar-refractivity contribution in [2.24, 2.45) is 0 Å². The van der Waals surface area contributed by atoms with Gasteiger partial charge in [0.1, 0.15) is 31.8 Å². The third-order valence-electron chi connectivity index (χ3n) is 3.71. The molecule has 12 nitrogen and oxygen atoms in total. The van der Waals surface area contributed by atoms with Crippen LogP contribution in [0.25, 0.3) is 0 Å². The van der Waals surface area contributed by atoms with Gasteiger partial charge in [0.05, 0.1) is 52.4 Å². The molecule has 0 fully saturated rings. The molecule has 0 spiro atoms. The van der Waals surface area contributed by atoms with Crippen LogP contribution >= 0.6 is 0 Å². The van der Waals surface area contributed by atoms with Gasteiger partial charge >= 0.3 is 5.82 Å². The Kier molecular flexibility index (Phi) is 10.1. The second-order valence-corrected chi connectivity index (χ2v) is 5.83. The average Bonchev–Trinajstić information content (AvgIpc) is 3.30. The first-order valence-corrected chi connectivity index (χ1v) is 9.04. The highest BCUT2D eigenvalue weighted by atomic mass is 18.2. The Morgan fingerprint density at radius 1 is 1.10 bits per heavy atom. The number of hydrogen-bond acceptors (Lipinski definition) is 9. The van der Waals surface area contributed by atoms with Crippen LogP contribution in [0, 0.1) is 17.0 Å². The van der Waals surface area contributed by atoms with Gasteiger partial charge < -0.3 is 29.1 Å². The number of imidazole rings is 1. The van der Waals surface area contributed by atoms with Crippen molar-refractivity contribution in [2.45, 2.75) is 26.8 Å². The summed E-state index contributed by atoms with van der Waals surface area (Å²) in [6.07, 6.45) is 2.92. The fraction of sp³-hybridized carbons (Fsp3) is 0.688. The Morgan fingerprint density at radius 2 is 1.83 bits per heavy atom. The highest BCUT2D eigenvalue weighted by molar-refractivity contribution is 5.18. The van der Waals surface area contributed by atoms with Crippen LogP contribution in [0.2, 0.25) is 0 Å². The topological polar surface area (TPSA) is 129 Å². The zero-order valence-electron chi connectivity index (χ0n) is 16.2. The van der Waals surface area contributed by atoms with E-state index in [1.54, 1.807) is 13.1 Å².